The molecule has 0 saturated carbocycles. The van der Waals surface area contributed by atoms with Crippen LogP contribution in [0.4, 0.5) is 0 Å². The van der Waals surface area contributed by atoms with Crippen LogP contribution in [0.1, 0.15) is 34.6 Å². The maximum Gasteiger partial charge on any atom is 0.346 e. The summed E-state index contributed by atoms with van der Waals surface area (Å²) in [4.78, 5) is 30.0. The maximum absolute atomic E-state index is 12.3. The van der Waals surface area contributed by atoms with E-state index in [1.807, 2.05) is 6.92 Å². The second-order valence-electron chi connectivity index (χ2n) is 4.28. The Bertz CT molecular complexity index is 665. The first-order valence-electron chi connectivity index (χ1n) is 5.97. The second-order valence-corrected chi connectivity index (χ2v) is 5.07. The van der Waals surface area contributed by atoms with E-state index in [1.54, 1.807) is 25.6 Å². The maximum atomic E-state index is 12.3. The molecule has 2 rings (SSSR count). The molecule has 0 bridgehead atoms. The molecule has 2 aromatic rings. The van der Waals surface area contributed by atoms with Gasteiger partial charge in [0.2, 0.25) is 0 Å². The summed E-state index contributed by atoms with van der Waals surface area (Å²) in [6.45, 7) is 3.54. The minimum atomic E-state index is -0.453. The fourth-order valence-corrected chi connectivity index (χ4v) is 2.45. The van der Waals surface area contributed by atoms with Crippen molar-refractivity contribution in [1.82, 2.24) is 25.5 Å². The Balaban J connectivity index is 2.28. The van der Waals surface area contributed by atoms with Gasteiger partial charge in [-0.2, -0.15) is 10.1 Å². The van der Waals surface area contributed by atoms with Crippen molar-refractivity contribution in [2.24, 2.45) is 0 Å². The summed E-state index contributed by atoms with van der Waals surface area (Å²) < 4.78 is 0. The summed E-state index contributed by atoms with van der Waals surface area (Å²) in [7, 11) is 0. The summed E-state index contributed by atoms with van der Waals surface area (Å²) in [5.74, 6) is -0.274. The molecule has 0 fully saturated rings. The minimum Gasteiger partial charge on any atom is -0.345 e. The Hall–Kier alpha value is -2.09. The van der Waals surface area contributed by atoms with E-state index in [0.29, 0.717) is 16.3 Å². The normalized spacial score (nSPS) is 12.2. The zero-order valence-corrected chi connectivity index (χ0v) is 12.2. The van der Waals surface area contributed by atoms with E-state index in [-0.39, 0.29) is 11.9 Å². The summed E-state index contributed by atoms with van der Waals surface area (Å²) in [6, 6.07) is -0.192. The smallest absolute Gasteiger partial charge is 0.345 e. The third kappa shape index (κ3) is 2.90. The highest BCUT2D eigenvalue weighted by Crippen LogP contribution is 2.19. The summed E-state index contributed by atoms with van der Waals surface area (Å²) >= 11 is 1.27. The average molecular weight is 293 g/mol. The number of nitrogens with zero attached hydrogens (tertiary/aromatic N) is 2. The van der Waals surface area contributed by atoms with Gasteiger partial charge in [-0.05, 0) is 20.1 Å². The standard InChI is InChI=1S/C12H15N5O2S/c1-6(8-4-13-14-5-8)15-10(18)9-7(2)16-12(19)17-11(9)20-3/h4-6H,1-3H3,(H,13,14)(H,15,18)(H,16,17,19). The summed E-state index contributed by atoms with van der Waals surface area (Å²) in [5.41, 5.74) is 1.32. The van der Waals surface area contributed by atoms with Crippen LogP contribution in [0.15, 0.2) is 22.2 Å². The van der Waals surface area contributed by atoms with E-state index < -0.39 is 5.69 Å². The number of aromatic nitrogens is 4. The van der Waals surface area contributed by atoms with Crippen LogP contribution in [0, 0.1) is 6.92 Å². The molecule has 0 spiro atoms. The number of aryl methyl sites for hydroxylation is 1. The predicted octanol–water partition coefficient (Wildman–Crippen LogP) is 1.01. The number of aromatic amines is 2. The molecule has 1 atom stereocenters. The molecular weight excluding hydrogens is 278 g/mol. The van der Waals surface area contributed by atoms with Gasteiger partial charge in [-0.1, -0.05) is 0 Å². The molecule has 2 heterocycles. The van der Waals surface area contributed by atoms with Gasteiger partial charge < -0.3 is 10.3 Å². The number of hydrogen-bond donors (Lipinski definition) is 3. The number of thioether (sulfide) groups is 1. The van der Waals surface area contributed by atoms with Crippen LogP contribution in [0.2, 0.25) is 0 Å². The van der Waals surface area contributed by atoms with Crippen LogP contribution >= 0.6 is 11.8 Å². The SMILES string of the molecule is CSc1nc(=O)[nH]c(C)c1C(=O)NC(C)c1cn[nH]c1. The van der Waals surface area contributed by atoms with Gasteiger partial charge in [-0.15, -0.1) is 11.8 Å². The summed E-state index contributed by atoms with van der Waals surface area (Å²) in [6.07, 6.45) is 5.15. The lowest BCUT2D eigenvalue weighted by Crippen LogP contribution is -2.29. The molecular formula is C12H15N5O2S. The molecule has 0 aliphatic rings. The van der Waals surface area contributed by atoms with Crippen LogP contribution in [-0.2, 0) is 0 Å². The van der Waals surface area contributed by atoms with Crippen molar-refractivity contribution < 1.29 is 4.79 Å². The quantitative estimate of drug-likeness (QED) is 0.576. The molecule has 106 valence electrons. The van der Waals surface area contributed by atoms with Crippen molar-refractivity contribution >= 4 is 17.7 Å². The first-order valence-corrected chi connectivity index (χ1v) is 7.20. The monoisotopic (exact) mass is 293 g/mol. The summed E-state index contributed by atoms with van der Waals surface area (Å²) in [5, 5.41) is 9.82. The predicted molar refractivity (Wildman–Crippen MR) is 75.8 cm³/mol. The Morgan fingerprint density at radius 1 is 1.50 bits per heavy atom. The number of rotatable bonds is 4. The van der Waals surface area contributed by atoms with Crippen molar-refractivity contribution in [3.63, 3.8) is 0 Å². The minimum absolute atomic E-state index is 0.192. The number of carbonyl (C=O) groups excluding carboxylic acids is 1. The lowest BCUT2D eigenvalue weighted by Gasteiger charge is -2.14. The van der Waals surface area contributed by atoms with Crippen LogP contribution in [0.5, 0.6) is 0 Å². The lowest BCUT2D eigenvalue weighted by molar-refractivity contribution is 0.0935. The fourth-order valence-electron chi connectivity index (χ4n) is 1.82. The molecule has 0 aromatic carbocycles. The van der Waals surface area contributed by atoms with Gasteiger partial charge in [0, 0.05) is 17.5 Å². The topological polar surface area (TPSA) is 104 Å². The Morgan fingerprint density at radius 3 is 2.85 bits per heavy atom. The van der Waals surface area contributed by atoms with E-state index >= 15 is 0 Å². The molecule has 3 N–H and O–H groups in total. The Kier molecular flexibility index (Phi) is 4.23. The third-order valence-electron chi connectivity index (χ3n) is 2.87. The van der Waals surface area contributed by atoms with Gasteiger partial charge in [-0.3, -0.25) is 9.89 Å². The van der Waals surface area contributed by atoms with Gasteiger partial charge in [0.1, 0.15) is 5.03 Å². The van der Waals surface area contributed by atoms with E-state index in [2.05, 4.69) is 25.5 Å². The van der Waals surface area contributed by atoms with E-state index in [9.17, 15) is 9.59 Å². The second kappa shape index (κ2) is 5.91. The zero-order chi connectivity index (χ0) is 14.7. The lowest BCUT2D eigenvalue weighted by atomic mass is 10.1. The van der Waals surface area contributed by atoms with Gasteiger partial charge >= 0.3 is 5.69 Å². The molecule has 1 unspecified atom stereocenters. The van der Waals surface area contributed by atoms with Crippen molar-refractivity contribution in [1.29, 1.82) is 0 Å². The van der Waals surface area contributed by atoms with E-state index in [1.165, 1.54) is 11.8 Å². The van der Waals surface area contributed by atoms with Gasteiger partial charge in [0.15, 0.2) is 0 Å². The number of hydrogen-bond acceptors (Lipinski definition) is 5. The molecule has 7 nitrogen and oxygen atoms in total. The van der Waals surface area contributed by atoms with E-state index in [0.717, 1.165) is 5.56 Å². The van der Waals surface area contributed by atoms with Crippen LogP contribution in [0.3, 0.4) is 0 Å². The van der Waals surface area contributed by atoms with Crippen molar-refractivity contribution in [3.05, 3.63) is 39.7 Å². The van der Waals surface area contributed by atoms with Crippen LogP contribution < -0.4 is 11.0 Å². The van der Waals surface area contributed by atoms with Crippen molar-refractivity contribution in [2.75, 3.05) is 6.26 Å². The Morgan fingerprint density at radius 2 is 2.25 bits per heavy atom. The first-order chi connectivity index (χ1) is 9.52. The Labute approximate surface area is 119 Å². The fraction of sp³-hybridized carbons (Fsp3) is 0.333. The molecule has 0 radical (unpaired) electrons. The molecule has 0 saturated heterocycles. The van der Waals surface area contributed by atoms with Gasteiger partial charge in [0.05, 0.1) is 17.8 Å². The van der Waals surface area contributed by atoms with Gasteiger partial charge in [0.25, 0.3) is 5.91 Å². The molecule has 0 aliphatic heterocycles. The highest BCUT2D eigenvalue weighted by Gasteiger charge is 2.19. The number of amides is 1. The highest BCUT2D eigenvalue weighted by atomic mass is 32.2. The van der Waals surface area contributed by atoms with Crippen LogP contribution in [-0.4, -0.2) is 32.3 Å². The van der Waals surface area contributed by atoms with Crippen LogP contribution in [0.25, 0.3) is 0 Å². The number of H-pyrrole nitrogens is 2. The molecule has 8 heteroatoms. The van der Waals surface area contributed by atoms with Crippen molar-refractivity contribution in [3.8, 4) is 0 Å². The number of nitrogens with one attached hydrogen (secondary N) is 3. The molecule has 0 aliphatic carbocycles. The zero-order valence-electron chi connectivity index (χ0n) is 11.4. The first kappa shape index (κ1) is 14.3. The number of carbonyl (C=O) groups is 1. The average Bonchev–Trinajstić information content (AvgIpc) is 2.91. The highest BCUT2D eigenvalue weighted by molar-refractivity contribution is 7.98. The molecule has 2 aromatic heterocycles. The van der Waals surface area contributed by atoms with E-state index in [4.69, 9.17) is 0 Å². The largest absolute Gasteiger partial charge is 0.346 e. The third-order valence-corrected chi connectivity index (χ3v) is 3.56. The van der Waals surface area contributed by atoms with Gasteiger partial charge in [-0.25, -0.2) is 4.79 Å². The molecule has 20 heavy (non-hydrogen) atoms. The van der Waals surface area contributed by atoms with Crippen molar-refractivity contribution in [2.45, 2.75) is 24.9 Å². The molecule has 1 amide bonds.